The second-order valence-electron chi connectivity index (χ2n) is 15.5. The van der Waals surface area contributed by atoms with Crippen LogP contribution in [0.25, 0.3) is 82.8 Å². The van der Waals surface area contributed by atoms with Crippen LogP contribution < -0.4 is 0 Å². The summed E-state index contributed by atoms with van der Waals surface area (Å²) in [6.45, 7) is 0. The van der Waals surface area contributed by atoms with Crippen LogP contribution >= 0.6 is 0 Å². The third kappa shape index (κ3) is 6.40. The molecule has 2 aromatic heterocycles. The molecule has 0 fully saturated rings. The molecule has 0 atom stereocenters. The van der Waals surface area contributed by atoms with E-state index in [1.807, 2.05) is 6.07 Å². The number of hydrogen-bond acceptors (Lipinski definition) is 1. The molecule has 0 bridgehead atoms. The summed E-state index contributed by atoms with van der Waals surface area (Å²) in [4.78, 5) is 0. The summed E-state index contributed by atoms with van der Waals surface area (Å²) in [5, 5.41) is 4.72. The fourth-order valence-electron chi connectivity index (χ4n) is 9.00. The molecule has 0 unspecified atom stereocenters. The van der Waals surface area contributed by atoms with E-state index in [2.05, 4.69) is 211 Å². The molecule has 8 aromatic carbocycles. The maximum Gasteiger partial charge on any atom is 0.143 e. The minimum atomic E-state index is 0.826. The Kier molecular flexibility index (Phi) is 8.74. The van der Waals surface area contributed by atoms with Crippen LogP contribution in [0.3, 0.4) is 0 Å². The second kappa shape index (κ2) is 14.8. The van der Waals surface area contributed by atoms with E-state index in [0.717, 1.165) is 58.0 Å². The zero-order valence-electron chi connectivity index (χ0n) is 32.7. The summed E-state index contributed by atoms with van der Waals surface area (Å²) in [5.41, 5.74) is 17.5. The van der Waals surface area contributed by atoms with Crippen molar-refractivity contribution in [3.63, 3.8) is 0 Å². The van der Waals surface area contributed by atoms with Crippen molar-refractivity contribution in [1.29, 1.82) is 0 Å². The highest BCUT2D eigenvalue weighted by molar-refractivity contribution is 6.13. The first-order chi connectivity index (χ1) is 29.2. The van der Waals surface area contributed by atoms with Crippen molar-refractivity contribution in [2.24, 2.45) is 0 Å². The Morgan fingerprint density at radius 1 is 0.525 bits per heavy atom. The Hall–Kier alpha value is -7.42. The zero-order valence-corrected chi connectivity index (χ0v) is 32.7. The highest BCUT2D eigenvalue weighted by Gasteiger charge is 2.19. The Morgan fingerprint density at radius 2 is 1.20 bits per heavy atom. The van der Waals surface area contributed by atoms with Crippen LogP contribution in [0.4, 0.5) is 0 Å². The molecule has 1 aliphatic carbocycles. The van der Waals surface area contributed by atoms with E-state index in [0.29, 0.717) is 0 Å². The number of allylic oxidation sites excluding steroid dienone is 5. The molecule has 59 heavy (non-hydrogen) atoms. The normalized spacial score (nSPS) is 13.2. The monoisotopic (exact) mass is 755 g/mol. The van der Waals surface area contributed by atoms with Gasteiger partial charge in [0.25, 0.3) is 0 Å². The molecule has 2 nitrogen and oxygen atoms in total. The fraction of sp³-hybridized carbons (Fsp3) is 0.0526. The highest BCUT2D eigenvalue weighted by Crippen LogP contribution is 2.41. The number of rotatable bonds is 8. The smallest absolute Gasteiger partial charge is 0.143 e. The van der Waals surface area contributed by atoms with Crippen molar-refractivity contribution >= 4 is 54.9 Å². The lowest BCUT2D eigenvalue weighted by molar-refractivity contribution is 0.670. The Morgan fingerprint density at radius 3 is 1.95 bits per heavy atom. The number of para-hydroxylation sites is 3. The summed E-state index contributed by atoms with van der Waals surface area (Å²) in [5.74, 6) is 0. The molecule has 0 spiro atoms. The van der Waals surface area contributed by atoms with Gasteiger partial charge in [-0.15, -0.1) is 0 Å². The lowest BCUT2D eigenvalue weighted by Crippen LogP contribution is -1.95. The van der Waals surface area contributed by atoms with Gasteiger partial charge >= 0.3 is 0 Å². The molecule has 0 saturated carbocycles. The second-order valence-corrected chi connectivity index (χ2v) is 15.5. The average molecular weight is 756 g/mol. The van der Waals surface area contributed by atoms with Crippen molar-refractivity contribution in [3.05, 3.63) is 235 Å². The molecular formula is C57H41NO. The van der Waals surface area contributed by atoms with E-state index in [1.165, 1.54) is 66.3 Å². The first kappa shape index (κ1) is 34.8. The standard InChI is InChI=1S/C57H41NO/c1-3-14-40(15-4-1)42-29-26-39(27-30-42)28-35-48(46-19-13-18-45(36-46)41-16-5-2-6-17-41)43-31-33-44(34-32-43)52-37-47(38-53-51-22-9-12-25-56(51)59-57(52)53)58-54-23-10-7-20-49(54)50-21-8-11-24-55(50)58/h1-3,5-14,16-27,29-38H,4,15,28H2/b48-35-. The van der Waals surface area contributed by atoms with Gasteiger partial charge in [-0.05, 0) is 106 Å². The Bertz CT molecular complexity index is 3210. The van der Waals surface area contributed by atoms with Gasteiger partial charge in [-0.1, -0.05) is 176 Å². The summed E-state index contributed by atoms with van der Waals surface area (Å²) in [7, 11) is 0. The topological polar surface area (TPSA) is 18.1 Å². The van der Waals surface area contributed by atoms with Crippen LogP contribution in [0, 0.1) is 0 Å². The SMILES string of the molecule is C1=CCCC(c2ccc(C/C=C(/c3ccc(-c4cc(-n5c6ccccc6c6ccccc65)cc5c4oc4ccccc45)cc3)c3cccc(-c4ccccc4)c3)cc2)=C1. The Balaban J connectivity index is 1.03. The van der Waals surface area contributed by atoms with E-state index in [-0.39, 0.29) is 0 Å². The molecule has 0 radical (unpaired) electrons. The zero-order chi connectivity index (χ0) is 39.1. The van der Waals surface area contributed by atoms with Crippen molar-refractivity contribution in [3.8, 4) is 27.9 Å². The van der Waals surface area contributed by atoms with Crippen molar-refractivity contribution in [2.45, 2.75) is 19.3 Å². The van der Waals surface area contributed by atoms with Gasteiger partial charge in [0, 0.05) is 32.8 Å². The Labute approximate surface area is 344 Å². The number of benzene rings is 8. The highest BCUT2D eigenvalue weighted by atomic mass is 16.3. The summed E-state index contributed by atoms with van der Waals surface area (Å²) >= 11 is 0. The molecule has 2 heteroatoms. The van der Waals surface area contributed by atoms with E-state index in [9.17, 15) is 0 Å². The quantitative estimate of drug-likeness (QED) is 0.151. The average Bonchev–Trinajstić information content (AvgIpc) is 3.86. The summed E-state index contributed by atoms with van der Waals surface area (Å²) in [6.07, 6.45) is 12.1. The molecule has 0 N–H and O–H groups in total. The van der Waals surface area contributed by atoms with Gasteiger partial charge in [0.2, 0.25) is 0 Å². The predicted molar refractivity (Wildman–Crippen MR) is 249 cm³/mol. The van der Waals surface area contributed by atoms with Gasteiger partial charge in [-0.2, -0.15) is 0 Å². The summed E-state index contributed by atoms with van der Waals surface area (Å²) < 4.78 is 9.10. The molecule has 2 heterocycles. The molecule has 0 aliphatic heterocycles. The largest absolute Gasteiger partial charge is 0.455 e. The van der Waals surface area contributed by atoms with Crippen LogP contribution in [0.15, 0.2) is 217 Å². The number of fused-ring (bicyclic) bond motifs is 6. The van der Waals surface area contributed by atoms with Crippen molar-refractivity contribution in [1.82, 2.24) is 4.57 Å². The molecule has 11 rings (SSSR count). The fourth-order valence-corrected chi connectivity index (χ4v) is 9.00. The van der Waals surface area contributed by atoms with Gasteiger partial charge in [-0.3, -0.25) is 0 Å². The first-order valence-corrected chi connectivity index (χ1v) is 20.6. The van der Waals surface area contributed by atoms with E-state index in [4.69, 9.17) is 4.42 Å². The maximum absolute atomic E-state index is 6.69. The minimum Gasteiger partial charge on any atom is -0.455 e. The number of hydrogen-bond donors (Lipinski definition) is 0. The van der Waals surface area contributed by atoms with Gasteiger partial charge < -0.3 is 8.98 Å². The van der Waals surface area contributed by atoms with Gasteiger partial charge in [0.1, 0.15) is 11.2 Å². The minimum absolute atomic E-state index is 0.826. The summed E-state index contributed by atoms with van der Waals surface area (Å²) in [6, 6.07) is 68.3. The molecular weight excluding hydrogens is 715 g/mol. The van der Waals surface area contributed by atoms with Crippen LogP contribution in [0.2, 0.25) is 0 Å². The number of aromatic nitrogens is 1. The van der Waals surface area contributed by atoms with Gasteiger partial charge in [-0.25, -0.2) is 0 Å². The van der Waals surface area contributed by atoms with Gasteiger partial charge in [0.15, 0.2) is 0 Å². The van der Waals surface area contributed by atoms with Crippen LogP contribution in [0.1, 0.15) is 35.1 Å². The number of nitrogens with zero attached hydrogens (tertiary/aromatic N) is 1. The maximum atomic E-state index is 6.69. The first-order valence-electron chi connectivity index (χ1n) is 20.6. The van der Waals surface area contributed by atoms with Crippen LogP contribution in [-0.2, 0) is 6.42 Å². The third-order valence-corrected chi connectivity index (χ3v) is 12.0. The lowest BCUT2D eigenvalue weighted by Gasteiger charge is -2.14. The third-order valence-electron chi connectivity index (χ3n) is 12.0. The molecule has 10 aromatic rings. The molecule has 1 aliphatic rings. The van der Waals surface area contributed by atoms with Crippen LogP contribution in [-0.4, -0.2) is 4.57 Å². The van der Waals surface area contributed by atoms with E-state index in [1.54, 1.807) is 0 Å². The number of furan rings is 1. The van der Waals surface area contributed by atoms with Crippen LogP contribution in [0.5, 0.6) is 0 Å². The lowest BCUT2D eigenvalue weighted by atomic mass is 9.91. The van der Waals surface area contributed by atoms with Gasteiger partial charge in [0.05, 0.1) is 11.0 Å². The molecule has 0 amide bonds. The van der Waals surface area contributed by atoms with E-state index < -0.39 is 0 Å². The van der Waals surface area contributed by atoms with Crippen molar-refractivity contribution in [2.75, 3.05) is 0 Å². The predicted octanol–water partition coefficient (Wildman–Crippen LogP) is 15.4. The van der Waals surface area contributed by atoms with E-state index >= 15 is 0 Å². The molecule has 0 saturated heterocycles. The van der Waals surface area contributed by atoms with Crippen molar-refractivity contribution < 1.29 is 4.42 Å². The molecule has 280 valence electrons.